The Morgan fingerprint density at radius 2 is 1.89 bits per heavy atom. The summed E-state index contributed by atoms with van der Waals surface area (Å²) in [6.07, 6.45) is 1.80. The summed E-state index contributed by atoms with van der Waals surface area (Å²) in [6.45, 7) is 6.11. The maximum Gasteiger partial charge on any atom is 0.230 e. The maximum atomic E-state index is 12.5. The predicted molar refractivity (Wildman–Crippen MR) is 75.4 cm³/mol. The third-order valence-corrected chi connectivity index (χ3v) is 3.11. The summed E-state index contributed by atoms with van der Waals surface area (Å²) in [6, 6.07) is 10.00. The zero-order chi connectivity index (χ0) is 13.4. The highest BCUT2D eigenvalue weighted by Gasteiger charge is 2.23. The number of carbonyl (C=O) groups is 1. The van der Waals surface area contributed by atoms with Crippen LogP contribution in [0.1, 0.15) is 38.2 Å². The largest absolute Gasteiger partial charge is 0.341 e. The molecule has 0 spiro atoms. The summed E-state index contributed by atoms with van der Waals surface area (Å²) in [5, 5.41) is 0. The average Bonchev–Trinajstić information content (AvgIpc) is 2.40. The molecule has 0 fully saturated rings. The van der Waals surface area contributed by atoms with Crippen LogP contribution in [0.3, 0.4) is 0 Å². The van der Waals surface area contributed by atoms with Crippen molar-refractivity contribution in [2.24, 2.45) is 5.73 Å². The molecule has 1 atom stereocenters. The van der Waals surface area contributed by atoms with Crippen molar-refractivity contribution >= 4 is 5.91 Å². The fourth-order valence-electron chi connectivity index (χ4n) is 2.22. The number of hydrogen-bond donors (Lipinski definition) is 1. The van der Waals surface area contributed by atoms with Gasteiger partial charge in [0.05, 0.1) is 5.92 Å². The molecule has 2 N–H and O–H groups in total. The second kappa shape index (κ2) is 7.88. The molecule has 0 aliphatic carbocycles. The van der Waals surface area contributed by atoms with E-state index in [-0.39, 0.29) is 11.8 Å². The molecule has 100 valence electrons. The average molecular weight is 248 g/mol. The van der Waals surface area contributed by atoms with Gasteiger partial charge in [-0.25, -0.2) is 0 Å². The molecule has 1 aromatic rings. The van der Waals surface area contributed by atoms with Crippen molar-refractivity contribution in [1.29, 1.82) is 0 Å². The lowest BCUT2D eigenvalue weighted by molar-refractivity contribution is -0.132. The van der Waals surface area contributed by atoms with Crippen LogP contribution in [0.4, 0.5) is 0 Å². The van der Waals surface area contributed by atoms with E-state index in [1.165, 1.54) is 0 Å². The van der Waals surface area contributed by atoms with Crippen molar-refractivity contribution in [3.63, 3.8) is 0 Å². The normalized spacial score (nSPS) is 12.2. The Balaban J connectivity index is 2.83. The standard InChI is InChI=1S/C15H24N2O/c1-3-11-17(12-10-16)15(18)14(4-2)13-8-6-5-7-9-13/h5-9,14H,3-4,10-12,16H2,1-2H3. The third kappa shape index (κ3) is 3.84. The lowest BCUT2D eigenvalue weighted by Gasteiger charge is -2.26. The molecule has 0 aliphatic rings. The number of rotatable bonds is 7. The Hall–Kier alpha value is -1.35. The fourth-order valence-corrected chi connectivity index (χ4v) is 2.22. The predicted octanol–water partition coefficient (Wildman–Crippen LogP) is 2.38. The van der Waals surface area contributed by atoms with Gasteiger partial charge in [0.25, 0.3) is 0 Å². The molecular weight excluding hydrogens is 224 g/mol. The van der Waals surface area contributed by atoms with Crippen LogP contribution in [0.15, 0.2) is 30.3 Å². The number of hydrogen-bond acceptors (Lipinski definition) is 2. The second-order valence-electron chi connectivity index (χ2n) is 4.49. The Kier molecular flexibility index (Phi) is 6.44. The second-order valence-corrected chi connectivity index (χ2v) is 4.49. The van der Waals surface area contributed by atoms with E-state index in [0.717, 1.165) is 24.9 Å². The molecule has 0 bridgehead atoms. The molecular formula is C15H24N2O. The van der Waals surface area contributed by atoms with Gasteiger partial charge < -0.3 is 10.6 Å². The first kappa shape index (κ1) is 14.7. The quantitative estimate of drug-likeness (QED) is 0.805. The molecule has 3 heteroatoms. The number of amides is 1. The van der Waals surface area contributed by atoms with Crippen LogP contribution in [0, 0.1) is 0 Å². The van der Waals surface area contributed by atoms with Crippen molar-refractivity contribution < 1.29 is 4.79 Å². The van der Waals surface area contributed by atoms with E-state index >= 15 is 0 Å². The number of benzene rings is 1. The molecule has 1 rings (SSSR count). The van der Waals surface area contributed by atoms with Gasteiger partial charge in [0.1, 0.15) is 0 Å². The Labute approximate surface area is 110 Å². The minimum absolute atomic E-state index is 0.0377. The van der Waals surface area contributed by atoms with Crippen molar-refractivity contribution in [1.82, 2.24) is 4.90 Å². The molecule has 0 radical (unpaired) electrons. The van der Waals surface area contributed by atoms with Gasteiger partial charge in [-0.15, -0.1) is 0 Å². The summed E-state index contributed by atoms with van der Waals surface area (Å²) in [5.74, 6) is 0.167. The Bertz CT molecular complexity index is 345. The van der Waals surface area contributed by atoms with Gasteiger partial charge in [-0.05, 0) is 18.4 Å². The zero-order valence-corrected chi connectivity index (χ0v) is 11.4. The monoisotopic (exact) mass is 248 g/mol. The van der Waals surface area contributed by atoms with Crippen molar-refractivity contribution in [2.75, 3.05) is 19.6 Å². The molecule has 0 saturated carbocycles. The molecule has 0 aliphatic heterocycles. The van der Waals surface area contributed by atoms with Crippen LogP contribution < -0.4 is 5.73 Å². The van der Waals surface area contributed by atoms with Gasteiger partial charge in [0.15, 0.2) is 0 Å². The third-order valence-electron chi connectivity index (χ3n) is 3.11. The zero-order valence-electron chi connectivity index (χ0n) is 11.4. The van der Waals surface area contributed by atoms with E-state index in [2.05, 4.69) is 13.8 Å². The molecule has 1 unspecified atom stereocenters. The summed E-state index contributed by atoms with van der Waals surface area (Å²) in [5.41, 5.74) is 6.68. The van der Waals surface area contributed by atoms with E-state index < -0.39 is 0 Å². The van der Waals surface area contributed by atoms with Gasteiger partial charge in [0.2, 0.25) is 5.91 Å². The van der Waals surface area contributed by atoms with Gasteiger partial charge in [-0.1, -0.05) is 44.2 Å². The molecule has 3 nitrogen and oxygen atoms in total. The molecule has 0 heterocycles. The minimum Gasteiger partial charge on any atom is -0.341 e. The lowest BCUT2D eigenvalue weighted by atomic mass is 9.95. The van der Waals surface area contributed by atoms with Gasteiger partial charge >= 0.3 is 0 Å². The van der Waals surface area contributed by atoms with Gasteiger partial charge in [-0.3, -0.25) is 4.79 Å². The molecule has 1 amide bonds. The Morgan fingerprint density at radius 3 is 2.39 bits per heavy atom. The Morgan fingerprint density at radius 1 is 1.22 bits per heavy atom. The van der Waals surface area contributed by atoms with E-state index in [1.54, 1.807) is 0 Å². The first-order valence-corrected chi connectivity index (χ1v) is 6.78. The highest BCUT2D eigenvalue weighted by atomic mass is 16.2. The van der Waals surface area contributed by atoms with Crippen molar-refractivity contribution in [3.8, 4) is 0 Å². The summed E-state index contributed by atoms with van der Waals surface area (Å²) in [7, 11) is 0. The molecule has 0 aromatic heterocycles. The lowest BCUT2D eigenvalue weighted by Crippen LogP contribution is -2.39. The van der Waals surface area contributed by atoms with Crippen LogP contribution in [0.25, 0.3) is 0 Å². The number of carbonyl (C=O) groups excluding carboxylic acids is 1. The highest BCUT2D eigenvalue weighted by molar-refractivity contribution is 5.83. The first-order chi connectivity index (χ1) is 8.74. The molecule has 18 heavy (non-hydrogen) atoms. The topological polar surface area (TPSA) is 46.3 Å². The summed E-state index contributed by atoms with van der Waals surface area (Å²) >= 11 is 0. The van der Waals surface area contributed by atoms with Crippen LogP contribution in [0.2, 0.25) is 0 Å². The number of nitrogens with zero attached hydrogens (tertiary/aromatic N) is 1. The minimum atomic E-state index is -0.0377. The summed E-state index contributed by atoms with van der Waals surface area (Å²) in [4.78, 5) is 14.4. The molecule has 0 saturated heterocycles. The first-order valence-electron chi connectivity index (χ1n) is 6.78. The van der Waals surface area contributed by atoms with E-state index in [0.29, 0.717) is 13.1 Å². The van der Waals surface area contributed by atoms with Crippen LogP contribution >= 0.6 is 0 Å². The summed E-state index contributed by atoms with van der Waals surface area (Å²) < 4.78 is 0. The van der Waals surface area contributed by atoms with Crippen LogP contribution in [0.5, 0.6) is 0 Å². The fraction of sp³-hybridized carbons (Fsp3) is 0.533. The van der Waals surface area contributed by atoms with Crippen molar-refractivity contribution in [3.05, 3.63) is 35.9 Å². The van der Waals surface area contributed by atoms with E-state index in [9.17, 15) is 4.79 Å². The van der Waals surface area contributed by atoms with E-state index in [4.69, 9.17) is 5.73 Å². The van der Waals surface area contributed by atoms with Crippen LogP contribution in [-0.2, 0) is 4.79 Å². The molecule has 1 aromatic carbocycles. The van der Waals surface area contributed by atoms with Gasteiger partial charge in [-0.2, -0.15) is 0 Å². The smallest absolute Gasteiger partial charge is 0.230 e. The van der Waals surface area contributed by atoms with Gasteiger partial charge in [0, 0.05) is 19.6 Å². The van der Waals surface area contributed by atoms with Crippen LogP contribution in [-0.4, -0.2) is 30.4 Å². The maximum absolute atomic E-state index is 12.5. The van der Waals surface area contributed by atoms with Crippen molar-refractivity contribution in [2.45, 2.75) is 32.6 Å². The van der Waals surface area contributed by atoms with E-state index in [1.807, 2.05) is 35.2 Å². The highest BCUT2D eigenvalue weighted by Crippen LogP contribution is 2.21. The SMILES string of the molecule is CCCN(CCN)C(=O)C(CC)c1ccccc1. The number of nitrogens with two attached hydrogens (primary N) is 1.